The second-order valence-electron chi connectivity index (χ2n) is 3.27. The van der Waals surface area contributed by atoms with Gasteiger partial charge in [0, 0.05) is 17.3 Å². The van der Waals surface area contributed by atoms with Crippen molar-refractivity contribution in [2.75, 3.05) is 6.54 Å². The van der Waals surface area contributed by atoms with Gasteiger partial charge in [-0.3, -0.25) is 0 Å². The largest absolute Gasteiger partial charge is 0.330 e. The third kappa shape index (κ3) is 1.66. The second-order valence-corrected chi connectivity index (χ2v) is 4.13. The Labute approximate surface area is 76.8 Å². The Balaban J connectivity index is 2.98. The summed E-state index contributed by atoms with van der Waals surface area (Å²) < 4.78 is 0. The number of hydrogen-bond donors (Lipinski definition) is 1. The van der Waals surface area contributed by atoms with E-state index < -0.39 is 0 Å². The Morgan fingerprint density at radius 3 is 2.83 bits per heavy atom. The first-order valence-corrected chi connectivity index (χ1v) is 4.61. The number of hydrogen-bond acceptors (Lipinski definition) is 3. The summed E-state index contributed by atoms with van der Waals surface area (Å²) in [4.78, 5) is 4.27. The van der Waals surface area contributed by atoms with Crippen LogP contribution in [0.4, 0.5) is 0 Å². The van der Waals surface area contributed by atoms with Crippen molar-refractivity contribution in [2.24, 2.45) is 5.73 Å². The molecule has 0 amide bonds. The Morgan fingerprint density at radius 2 is 2.42 bits per heavy atom. The average molecular weight is 180 g/mol. The van der Waals surface area contributed by atoms with E-state index in [9.17, 15) is 0 Å². The number of aromatic nitrogens is 1. The molecule has 0 bridgehead atoms. The molecule has 0 unspecified atom stereocenters. The molecule has 12 heavy (non-hydrogen) atoms. The van der Waals surface area contributed by atoms with Gasteiger partial charge < -0.3 is 5.73 Å². The Hall–Kier alpha value is -0.850. The predicted molar refractivity (Wildman–Crippen MR) is 52.1 cm³/mol. The molecule has 0 aliphatic rings. The molecule has 1 rings (SSSR count). The topological polar surface area (TPSA) is 38.9 Å². The minimum atomic E-state index is -0.0558. The van der Waals surface area contributed by atoms with E-state index in [4.69, 9.17) is 12.2 Å². The molecule has 0 saturated carbocycles. The molecule has 64 valence electrons. The lowest BCUT2D eigenvalue weighted by Gasteiger charge is -2.18. The van der Waals surface area contributed by atoms with Crippen LogP contribution in [-0.2, 0) is 5.41 Å². The van der Waals surface area contributed by atoms with Crippen molar-refractivity contribution in [1.29, 1.82) is 0 Å². The maximum atomic E-state index is 5.60. The molecule has 0 radical (unpaired) electrons. The van der Waals surface area contributed by atoms with Crippen molar-refractivity contribution in [3.63, 3.8) is 0 Å². The van der Waals surface area contributed by atoms with E-state index in [1.54, 1.807) is 11.3 Å². The highest BCUT2D eigenvalue weighted by Crippen LogP contribution is 2.24. The molecule has 0 atom stereocenters. The Morgan fingerprint density at radius 1 is 1.75 bits per heavy atom. The fourth-order valence-electron chi connectivity index (χ4n) is 0.738. The first kappa shape index (κ1) is 9.24. The van der Waals surface area contributed by atoms with Crippen LogP contribution in [0, 0.1) is 12.3 Å². The van der Waals surface area contributed by atoms with E-state index in [2.05, 4.69) is 24.8 Å². The monoisotopic (exact) mass is 180 g/mol. The first-order valence-electron chi connectivity index (χ1n) is 3.73. The molecule has 1 aromatic rings. The molecule has 0 aromatic carbocycles. The van der Waals surface area contributed by atoms with E-state index in [1.165, 1.54) is 0 Å². The van der Waals surface area contributed by atoms with Crippen molar-refractivity contribution < 1.29 is 0 Å². The summed E-state index contributed by atoms with van der Waals surface area (Å²) in [6.45, 7) is 4.71. The summed E-state index contributed by atoms with van der Waals surface area (Å²) in [5, 5.41) is 2.89. The van der Waals surface area contributed by atoms with E-state index in [0.717, 1.165) is 5.01 Å². The average Bonchev–Trinajstić information content (AvgIpc) is 2.52. The van der Waals surface area contributed by atoms with Crippen LogP contribution in [-0.4, -0.2) is 11.5 Å². The fraction of sp³-hybridized carbons (Fsp3) is 0.444. The van der Waals surface area contributed by atoms with Crippen LogP contribution in [0.3, 0.4) is 0 Å². The lowest BCUT2D eigenvalue weighted by molar-refractivity contribution is 0.535. The van der Waals surface area contributed by atoms with Gasteiger partial charge in [-0.2, -0.15) is 0 Å². The van der Waals surface area contributed by atoms with Crippen molar-refractivity contribution in [3.8, 4) is 12.3 Å². The first-order chi connectivity index (χ1) is 5.60. The smallest absolute Gasteiger partial charge is 0.124 e. The third-order valence-corrected chi connectivity index (χ3v) is 2.95. The van der Waals surface area contributed by atoms with Crippen LogP contribution in [0.2, 0.25) is 0 Å². The summed E-state index contributed by atoms with van der Waals surface area (Å²) in [6.07, 6.45) is 5.21. The molecule has 0 aliphatic carbocycles. The summed E-state index contributed by atoms with van der Waals surface area (Å²) >= 11 is 1.57. The van der Waals surface area contributed by atoms with Gasteiger partial charge in [-0.15, -0.1) is 17.8 Å². The van der Waals surface area contributed by atoms with Crippen LogP contribution in [0.5, 0.6) is 0 Å². The standard InChI is InChI=1S/C9H12N2S/c1-4-7-5-12-8(11-7)9(2,3)6-10/h1,5H,6,10H2,2-3H3. The molecule has 2 nitrogen and oxygen atoms in total. The maximum Gasteiger partial charge on any atom is 0.124 e. The summed E-state index contributed by atoms with van der Waals surface area (Å²) in [6, 6.07) is 0. The van der Waals surface area contributed by atoms with Gasteiger partial charge in [-0.05, 0) is 5.92 Å². The molecule has 3 heteroatoms. The Bertz CT molecular complexity index is 307. The van der Waals surface area contributed by atoms with Gasteiger partial charge in [0.25, 0.3) is 0 Å². The number of rotatable bonds is 2. The maximum absolute atomic E-state index is 5.60. The molecule has 1 heterocycles. The van der Waals surface area contributed by atoms with Gasteiger partial charge in [0.15, 0.2) is 0 Å². The number of thiazole rings is 1. The zero-order chi connectivity index (χ0) is 9.19. The highest BCUT2D eigenvalue weighted by molar-refractivity contribution is 7.09. The summed E-state index contributed by atoms with van der Waals surface area (Å²) in [5.41, 5.74) is 6.25. The molecular formula is C9H12N2S. The van der Waals surface area contributed by atoms with Crippen LogP contribution >= 0.6 is 11.3 Å². The number of terminal acetylenes is 1. The van der Waals surface area contributed by atoms with Crippen LogP contribution in [0.1, 0.15) is 24.5 Å². The van der Waals surface area contributed by atoms with Crippen molar-refractivity contribution >= 4 is 11.3 Å². The summed E-state index contributed by atoms with van der Waals surface area (Å²) in [7, 11) is 0. The normalized spacial score (nSPS) is 11.2. The quantitative estimate of drug-likeness (QED) is 0.698. The minimum absolute atomic E-state index is 0.0558. The molecule has 2 N–H and O–H groups in total. The Kier molecular flexibility index (Phi) is 2.51. The van der Waals surface area contributed by atoms with Gasteiger partial charge in [0.05, 0.1) is 0 Å². The van der Waals surface area contributed by atoms with E-state index in [1.807, 2.05) is 5.38 Å². The third-order valence-electron chi connectivity index (χ3n) is 1.74. The van der Waals surface area contributed by atoms with Crippen molar-refractivity contribution in [1.82, 2.24) is 4.98 Å². The molecule has 1 aromatic heterocycles. The zero-order valence-corrected chi connectivity index (χ0v) is 8.11. The van der Waals surface area contributed by atoms with E-state index in [0.29, 0.717) is 12.2 Å². The van der Waals surface area contributed by atoms with Gasteiger partial charge >= 0.3 is 0 Å². The molecule has 0 saturated heterocycles. The number of nitrogens with two attached hydrogens (primary N) is 1. The van der Waals surface area contributed by atoms with Gasteiger partial charge in [-0.1, -0.05) is 13.8 Å². The van der Waals surface area contributed by atoms with Gasteiger partial charge in [-0.25, -0.2) is 4.98 Å². The highest BCUT2D eigenvalue weighted by Gasteiger charge is 2.21. The van der Waals surface area contributed by atoms with Crippen LogP contribution in [0.25, 0.3) is 0 Å². The zero-order valence-electron chi connectivity index (χ0n) is 7.29. The lowest BCUT2D eigenvalue weighted by Crippen LogP contribution is -2.27. The minimum Gasteiger partial charge on any atom is -0.330 e. The lowest BCUT2D eigenvalue weighted by atomic mass is 9.95. The predicted octanol–water partition coefficient (Wildman–Crippen LogP) is 1.36. The molecule has 0 fully saturated rings. The van der Waals surface area contributed by atoms with Gasteiger partial charge in [0.2, 0.25) is 0 Å². The van der Waals surface area contributed by atoms with E-state index in [-0.39, 0.29) is 5.41 Å². The van der Waals surface area contributed by atoms with Gasteiger partial charge in [0.1, 0.15) is 10.7 Å². The van der Waals surface area contributed by atoms with Crippen LogP contribution < -0.4 is 5.73 Å². The summed E-state index contributed by atoms with van der Waals surface area (Å²) in [5.74, 6) is 2.50. The van der Waals surface area contributed by atoms with Crippen molar-refractivity contribution in [3.05, 3.63) is 16.1 Å². The molecular weight excluding hydrogens is 168 g/mol. The van der Waals surface area contributed by atoms with Crippen molar-refractivity contribution in [2.45, 2.75) is 19.3 Å². The van der Waals surface area contributed by atoms with E-state index >= 15 is 0 Å². The number of nitrogens with zero attached hydrogens (tertiary/aromatic N) is 1. The highest BCUT2D eigenvalue weighted by atomic mass is 32.1. The fourth-order valence-corrected chi connectivity index (χ4v) is 1.64. The van der Waals surface area contributed by atoms with Crippen LogP contribution in [0.15, 0.2) is 5.38 Å². The second kappa shape index (κ2) is 3.26. The molecule has 0 aliphatic heterocycles. The SMILES string of the molecule is C#Cc1csc(C(C)(C)CN)n1. The molecule has 0 spiro atoms.